The second-order valence-corrected chi connectivity index (χ2v) is 5.91. The van der Waals surface area contributed by atoms with Gasteiger partial charge in [0.15, 0.2) is 0 Å². The van der Waals surface area contributed by atoms with Gasteiger partial charge in [0, 0.05) is 13.1 Å². The Hall–Kier alpha value is -1.54. The monoisotopic (exact) mass is 319 g/mol. The van der Waals surface area contributed by atoms with Crippen LogP contribution in [-0.2, 0) is 11.3 Å². The van der Waals surface area contributed by atoms with Crippen molar-refractivity contribution in [1.82, 2.24) is 5.32 Å². The van der Waals surface area contributed by atoms with Gasteiger partial charge in [0.2, 0.25) is 5.79 Å². The first-order chi connectivity index (χ1) is 11.0. The highest BCUT2D eigenvalue weighted by molar-refractivity contribution is 5.82. The van der Waals surface area contributed by atoms with Crippen molar-refractivity contribution in [2.24, 2.45) is 0 Å². The molecule has 2 aromatic carbocycles. The molecule has 1 saturated heterocycles. The quantitative estimate of drug-likeness (QED) is 0.520. The number of hydrogen-bond donors (Lipinski definition) is 5. The fraction of sp³-hybridized carbons (Fsp3) is 0.412. The van der Waals surface area contributed by atoms with E-state index < -0.39 is 30.7 Å². The van der Waals surface area contributed by atoms with E-state index in [1.807, 2.05) is 36.4 Å². The maximum Gasteiger partial charge on any atom is 0.219 e. The summed E-state index contributed by atoms with van der Waals surface area (Å²) >= 11 is 0. The number of rotatable bonds is 5. The summed E-state index contributed by atoms with van der Waals surface area (Å²) in [5, 5.41) is 43.9. The smallest absolute Gasteiger partial charge is 0.219 e. The number of ether oxygens (including phenoxy) is 1. The first kappa shape index (κ1) is 16.3. The summed E-state index contributed by atoms with van der Waals surface area (Å²) in [6, 6.07) is 14.2. The second kappa shape index (κ2) is 6.52. The van der Waals surface area contributed by atoms with Crippen molar-refractivity contribution in [3.8, 4) is 0 Å². The molecule has 5 N–H and O–H groups in total. The lowest BCUT2D eigenvalue weighted by Gasteiger charge is -2.22. The molecule has 1 fully saturated rings. The Balaban J connectivity index is 1.58. The molecule has 3 rings (SSSR count). The summed E-state index contributed by atoms with van der Waals surface area (Å²) < 4.78 is 5.17. The van der Waals surface area contributed by atoms with Gasteiger partial charge in [0.1, 0.15) is 18.3 Å². The van der Waals surface area contributed by atoms with Crippen LogP contribution in [0.2, 0.25) is 0 Å². The van der Waals surface area contributed by atoms with Gasteiger partial charge in [-0.2, -0.15) is 0 Å². The zero-order valence-electron chi connectivity index (χ0n) is 12.6. The fourth-order valence-corrected chi connectivity index (χ4v) is 2.87. The highest BCUT2D eigenvalue weighted by Gasteiger charge is 2.52. The van der Waals surface area contributed by atoms with Crippen molar-refractivity contribution < 1.29 is 25.2 Å². The Kier molecular flexibility index (Phi) is 4.63. The third-order valence-electron chi connectivity index (χ3n) is 4.24. The topological polar surface area (TPSA) is 102 Å². The van der Waals surface area contributed by atoms with Crippen LogP contribution in [0.15, 0.2) is 42.5 Å². The Morgan fingerprint density at radius 3 is 2.52 bits per heavy atom. The SMILES string of the molecule is OC[C@]1(O)O[C@H](CNCc2ccc3ccccc3c2)[C@@H](O)[C@H]1O. The number of aliphatic hydroxyl groups is 4. The molecule has 6 heteroatoms. The highest BCUT2D eigenvalue weighted by Crippen LogP contribution is 2.28. The van der Waals surface area contributed by atoms with E-state index in [2.05, 4.69) is 11.4 Å². The molecular formula is C17H21NO5. The molecule has 6 nitrogen and oxygen atoms in total. The lowest BCUT2D eigenvalue weighted by molar-refractivity contribution is -0.245. The molecule has 0 aliphatic carbocycles. The summed E-state index contributed by atoms with van der Waals surface area (Å²) in [6.07, 6.45) is -3.57. The van der Waals surface area contributed by atoms with Gasteiger partial charge in [0.25, 0.3) is 0 Å². The fourth-order valence-electron chi connectivity index (χ4n) is 2.87. The highest BCUT2D eigenvalue weighted by atomic mass is 16.7. The van der Waals surface area contributed by atoms with Crippen LogP contribution in [0.5, 0.6) is 0 Å². The molecule has 0 saturated carbocycles. The lowest BCUT2D eigenvalue weighted by atomic mass is 10.1. The number of nitrogens with one attached hydrogen (secondary N) is 1. The summed E-state index contributed by atoms with van der Waals surface area (Å²) in [4.78, 5) is 0. The maximum atomic E-state index is 9.88. The third-order valence-corrected chi connectivity index (χ3v) is 4.24. The lowest BCUT2D eigenvalue weighted by Crippen LogP contribution is -2.46. The Labute approximate surface area is 134 Å². The Morgan fingerprint density at radius 1 is 1.09 bits per heavy atom. The van der Waals surface area contributed by atoms with E-state index in [9.17, 15) is 15.3 Å². The van der Waals surface area contributed by atoms with Gasteiger partial charge in [-0.3, -0.25) is 0 Å². The zero-order chi connectivity index (χ0) is 16.4. The van der Waals surface area contributed by atoms with Crippen molar-refractivity contribution in [3.05, 3.63) is 48.0 Å². The standard InChI is InChI=1S/C17H21NO5/c19-10-17(22)16(21)15(20)14(23-17)9-18-8-11-5-6-12-3-1-2-4-13(12)7-11/h1-7,14-16,18-22H,8-10H2/t14-,15-,16-,17+/m1/s1. The van der Waals surface area contributed by atoms with Gasteiger partial charge in [0.05, 0.1) is 6.61 Å². The molecule has 0 aromatic heterocycles. The number of benzene rings is 2. The van der Waals surface area contributed by atoms with Crippen molar-refractivity contribution in [1.29, 1.82) is 0 Å². The maximum absolute atomic E-state index is 9.88. The van der Waals surface area contributed by atoms with E-state index in [1.54, 1.807) is 0 Å². The van der Waals surface area contributed by atoms with E-state index in [4.69, 9.17) is 9.84 Å². The van der Waals surface area contributed by atoms with Gasteiger partial charge in [-0.1, -0.05) is 36.4 Å². The van der Waals surface area contributed by atoms with Crippen LogP contribution in [0.25, 0.3) is 10.8 Å². The molecule has 0 amide bonds. The molecular weight excluding hydrogens is 298 g/mol. The summed E-state index contributed by atoms with van der Waals surface area (Å²) in [5.74, 6) is -2.10. The van der Waals surface area contributed by atoms with E-state index >= 15 is 0 Å². The third kappa shape index (κ3) is 3.23. The first-order valence-electron chi connectivity index (χ1n) is 7.59. The largest absolute Gasteiger partial charge is 0.391 e. The molecule has 124 valence electrons. The molecule has 23 heavy (non-hydrogen) atoms. The molecule has 1 aliphatic heterocycles. The van der Waals surface area contributed by atoms with Crippen LogP contribution < -0.4 is 5.32 Å². The van der Waals surface area contributed by atoms with Crippen LogP contribution in [0.3, 0.4) is 0 Å². The molecule has 0 radical (unpaired) electrons. The number of hydrogen-bond acceptors (Lipinski definition) is 6. The summed E-state index contributed by atoms with van der Waals surface area (Å²) in [5.41, 5.74) is 1.08. The molecule has 1 aliphatic rings. The molecule has 4 atom stereocenters. The predicted octanol–water partition coefficient (Wildman–Crippen LogP) is -0.269. The van der Waals surface area contributed by atoms with Crippen LogP contribution in [-0.4, -0.2) is 57.7 Å². The average molecular weight is 319 g/mol. The van der Waals surface area contributed by atoms with Gasteiger partial charge >= 0.3 is 0 Å². The van der Waals surface area contributed by atoms with E-state index in [1.165, 1.54) is 5.39 Å². The number of fused-ring (bicyclic) bond motifs is 1. The van der Waals surface area contributed by atoms with Gasteiger partial charge in [-0.15, -0.1) is 0 Å². The van der Waals surface area contributed by atoms with Gasteiger partial charge < -0.3 is 30.5 Å². The molecule has 0 unspecified atom stereocenters. The van der Waals surface area contributed by atoms with Gasteiger partial charge in [-0.25, -0.2) is 0 Å². The molecule has 0 spiro atoms. The first-order valence-corrected chi connectivity index (χ1v) is 7.59. The van der Waals surface area contributed by atoms with Crippen molar-refractivity contribution in [3.63, 3.8) is 0 Å². The second-order valence-electron chi connectivity index (χ2n) is 5.91. The molecule has 2 aromatic rings. The minimum Gasteiger partial charge on any atom is -0.391 e. The summed E-state index contributed by atoms with van der Waals surface area (Å²) in [7, 11) is 0. The minimum absolute atomic E-state index is 0.243. The van der Waals surface area contributed by atoms with Crippen molar-refractivity contribution >= 4 is 10.8 Å². The van der Waals surface area contributed by atoms with Crippen molar-refractivity contribution in [2.45, 2.75) is 30.6 Å². The average Bonchev–Trinajstić information content (AvgIpc) is 2.79. The number of aliphatic hydroxyl groups excluding tert-OH is 3. The molecule has 1 heterocycles. The summed E-state index contributed by atoms with van der Waals surface area (Å²) in [6.45, 7) is 0.0326. The Morgan fingerprint density at radius 2 is 1.83 bits per heavy atom. The van der Waals surface area contributed by atoms with Crippen LogP contribution >= 0.6 is 0 Å². The van der Waals surface area contributed by atoms with Crippen LogP contribution in [0.4, 0.5) is 0 Å². The van der Waals surface area contributed by atoms with E-state index in [0.717, 1.165) is 10.9 Å². The van der Waals surface area contributed by atoms with E-state index in [-0.39, 0.29) is 6.54 Å². The van der Waals surface area contributed by atoms with E-state index in [0.29, 0.717) is 6.54 Å². The molecule has 0 bridgehead atoms. The van der Waals surface area contributed by atoms with Crippen molar-refractivity contribution in [2.75, 3.05) is 13.2 Å². The Bertz CT molecular complexity index is 679. The van der Waals surface area contributed by atoms with Crippen LogP contribution in [0, 0.1) is 0 Å². The zero-order valence-corrected chi connectivity index (χ0v) is 12.6. The minimum atomic E-state index is -2.10. The van der Waals surface area contributed by atoms with Gasteiger partial charge in [-0.05, 0) is 22.4 Å². The normalized spacial score (nSPS) is 30.9. The predicted molar refractivity (Wildman–Crippen MR) is 84.6 cm³/mol. The van der Waals surface area contributed by atoms with Crippen LogP contribution in [0.1, 0.15) is 5.56 Å².